The molecule has 0 spiro atoms. The number of methoxy groups -OCH3 is 2. The van der Waals surface area contributed by atoms with Gasteiger partial charge in [0.2, 0.25) is 5.91 Å². The normalized spacial score (nSPS) is 10.4. The summed E-state index contributed by atoms with van der Waals surface area (Å²) in [7, 11) is 3.21. The van der Waals surface area contributed by atoms with E-state index in [-0.39, 0.29) is 12.5 Å². The molecule has 1 amide bonds. The fourth-order valence-corrected chi connectivity index (χ4v) is 1.78. The molecule has 0 saturated heterocycles. The van der Waals surface area contributed by atoms with E-state index in [1.165, 1.54) is 0 Å². The van der Waals surface area contributed by atoms with Gasteiger partial charge in [-0.05, 0) is 12.0 Å². The van der Waals surface area contributed by atoms with Crippen LogP contribution < -0.4 is 20.1 Å². The number of rotatable bonds is 8. The van der Waals surface area contributed by atoms with E-state index in [4.69, 9.17) is 9.47 Å². The van der Waals surface area contributed by atoms with Crippen LogP contribution in [0.15, 0.2) is 18.2 Å². The van der Waals surface area contributed by atoms with Gasteiger partial charge in [0, 0.05) is 18.7 Å². The maximum absolute atomic E-state index is 11.6. The summed E-state index contributed by atoms with van der Waals surface area (Å²) in [6, 6.07) is 5.69. The molecule has 20 heavy (non-hydrogen) atoms. The zero-order valence-electron chi connectivity index (χ0n) is 12.7. The Labute approximate surface area is 120 Å². The van der Waals surface area contributed by atoms with E-state index >= 15 is 0 Å². The van der Waals surface area contributed by atoms with Gasteiger partial charge < -0.3 is 20.1 Å². The standard InChI is InChI=1S/C15H24N2O3/c1-11(2)8-17-14(18)10-16-9-12-6-5-7-13(19-3)15(12)20-4/h5-7,11,16H,8-10H2,1-4H3,(H,17,18). The molecule has 5 heteroatoms. The number of hydrogen-bond donors (Lipinski definition) is 2. The molecule has 0 heterocycles. The predicted octanol–water partition coefficient (Wildman–Crippen LogP) is 1.57. The lowest BCUT2D eigenvalue weighted by Crippen LogP contribution is -2.35. The average Bonchev–Trinajstić information content (AvgIpc) is 2.44. The highest BCUT2D eigenvalue weighted by Gasteiger charge is 2.09. The number of hydrogen-bond acceptors (Lipinski definition) is 4. The van der Waals surface area contributed by atoms with Crippen molar-refractivity contribution in [3.63, 3.8) is 0 Å². The second-order valence-electron chi connectivity index (χ2n) is 4.95. The Kier molecular flexibility index (Phi) is 6.87. The molecule has 0 aromatic heterocycles. The van der Waals surface area contributed by atoms with Crippen molar-refractivity contribution in [1.29, 1.82) is 0 Å². The van der Waals surface area contributed by atoms with Gasteiger partial charge in [0.25, 0.3) is 0 Å². The van der Waals surface area contributed by atoms with Gasteiger partial charge in [-0.2, -0.15) is 0 Å². The fourth-order valence-electron chi connectivity index (χ4n) is 1.78. The zero-order chi connectivity index (χ0) is 15.0. The van der Waals surface area contributed by atoms with Crippen LogP contribution in [0.25, 0.3) is 0 Å². The minimum absolute atomic E-state index is 0.000521. The number of carbonyl (C=O) groups excluding carboxylic acids is 1. The van der Waals surface area contributed by atoms with Crippen molar-refractivity contribution in [2.45, 2.75) is 20.4 Å². The molecule has 0 saturated carbocycles. The fraction of sp³-hybridized carbons (Fsp3) is 0.533. The van der Waals surface area contributed by atoms with Crippen LogP contribution in [0.1, 0.15) is 19.4 Å². The van der Waals surface area contributed by atoms with Crippen LogP contribution in [0.5, 0.6) is 11.5 Å². The van der Waals surface area contributed by atoms with E-state index in [2.05, 4.69) is 24.5 Å². The lowest BCUT2D eigenvalue weighted by molar-refractivity contribution is -0.120. The van der Waals surface area contributed by atoms with E-state index in [1.807, 2.05) is 18.2 Å². The molecule has 0 aliphatic carbocycles. The Morgan fingerprint density at radius 3 is 2.60 bits per heavy atom. The first-order chi connectivity index (χ1) is 9.58. The quantitative estimate of drug-likeness (QED) is 0.759. The smallest absolute Gasteiger partial charge is 0.233 e. The minimum atomic E-state index is 0.000521. The second kappa shape index (κ2) is 8.43. The van der Waals surface area contributed by atoms with Gasteiger partial charge in [-0.1, -0.05) is 26.0 Å². The summed E-state index contributed by atoms with van der Waals surface area (Å²) in [5.74, 6) is 1.85. The number of amides is 1. The van der Waals surface area contributed by atoms with E-state index in [0.717, 1.165) is 5.56 Å². The van der Waals surface area contributed by atoms with Gasteiger partial charge in [-0.3, -0.25) is 4.79 Å². The number of nitrogens with one attached hydrogen (secondary N) is 2. The van der Waals surface area contributed by atoms with Gasteiger partial charge in [0.15, 0.2) is 11.5 Å². The first kappa shape index (κ1) is 16.3. The molecule has 0 fully saturated rings. The SMILES string of the molecule is COc1cccc(CNCC(=O)NCC(C)C)c1OC. The Bertz CT molecular complexity index is 433. The van der Waals surface area contributed by atoms with Crippen molar-refractivity contribution >= 4 is 5.91 Å². The zero-order valence-corrected chi connectivity index (χ0v) is 12.7. The number of benzene rings is 1. The lowest BCUT2D eigenvalue weighted by atomic mass is 10.2. The van der Waals surface area contributed by atoms with E-state index in [1.54, 1.807) is 14.2 Å². The summed E-state index contributed by atoms with van der Waals surface area (Å²) in [5.41, 5.74) is 0.962. The number of carbonyl (C=O) groups is 1. The summed E-state index contributed by atoms with van der Waals surface area (Å²) >= 11 is 0. The van der Waals surface area contributed by atoms with E-state index in [9.17, 15) is 4.79 Å². The highest BCUT2D eigenvalue weighted by molar-refractivity contribution is 5.77. The largest absolute Gasteiger partial charge is 0.493 e. The Hall–Kier alpha value is -1.75. The molecular formula is C15H24N2O3. The summed E-state index contributed by atoms with van der Waals surface area (Å²) in [4.78, 5) is 11.6. The molecule has 1 aromatic rings. The van der Waals surface area contributed by atoms with Crippen molar-refractivity contribution < 1.29 is 14.3 Å². The van der Waals surface area contributed by atoms with Gasteiger partial charge >= 0.3 is 0 Å². The van der Waals surface area contributed by atoms with Gasteiger partial charge in [0.05, 0.1) is 20.8 Å². The molecule has 0 unspecified atom stereocenters. The monoisotopic (exact) mass is 280 g/mol. The third-order valence-electron chi connectivity index (χ3n) is 2.79. The molecule has 5 nitrogen and oxygen atoms in total. The van der Waals surface area contributed by atoms with E-state index in [0.29, 0.717) is 30.5 Å². The summed E-state index contributed by atoms with van der Waals surface area (Å²) in [6.07, 6.45) is 0. The van der Waals surface area contributed by atoms with Crippen molar-refractivity contribution in [2.75, 3.05) is 27.3 Å². The van der Waals surface area contributed by atoms with Crippen LogP contribution in [-0.2, 0) is 11.3 Å². The van der Waals surface area contributed by atoms with Crippen molar-refractivity contribution in [1.82, 2.24) is 10.6 Å². The summed E-state index contributed by atoms with van der Waals surface area (Å²) in [6.45, 7) is 5.66. The molecule has 0 bridgehead atoms. The van der Waals surface area contributed by atoms with Gasteiger partial charge in [0.1, 0.15) is 0 Å². The topological polar surface area (TPSA) is 59.6 Å². The molecule has 1 aromatic carbocycles. The second-order valence-corrected chi connectivity index (χ2v) is 4.95. The van der Waals surface area contributed by atoms with Crippen LogP contribution in [0.3, 0.4) is 0 Å². The Balaban J connectivity index is 2.48. The first-order valence-corrected chi connectivity index (χ1v) is 6.75. The summed E-state index contributed by atoms with van der Waals surface area (Å²) in [5, 5.41) is 5.97. The lowest BCUT2D eigenvalue weighted by Gasteiger charge is -2.13. The average molecular weight is 280 g/mol. The van der Waals surface area contributed by atoms with Crippen LogP contribution in [0.4, 0.5) is 0 Å². The Morgan fingerprint density at radius 2 is 2.00 bits per heavy atom. The third-order valence-corrected chi connectivity index (χ3v) is 2.79. The molecule has 112 valence electrons. The van der Waals surface area contributed by atoms with Crippen molar-refractivity contribution in [3.8, 4) is 11.5 Å². The summed E-state index contributed by atoms with van der Waals surface area (Å²) < 4.78 is 10.6. The molecule has 0 aliphatic rings. The molecular weight excluding hydrogens is 256 g/mol. The van der Waals surface area contributed by atoms with Crippen LogP contribution in [0, 0.1) is 5.92 Å². The maximum atomic E-state index is 11.6. The van der Waals surface area contributed by atoms with Gasteiger partial charge in [-0.15, -0.1) is 0 Å². The van der Waals surface area contributed by atoms with Crippen LogP contribution >= 0.6 is 0 Å². The van der Waals surface area contributed by atoms with Crippen molar-refractivity contribution in [3.05, 3.63) is 23.8 Å². The van der Waals surface area contributed by atoms with Crippen molar-refractivity contribution in [2.24, 2.45) is 5.92 Å². The number of ether oxygens (including phenoxy) is 2. The third kappa shape index (κ3) is 5.09. The molecule has 0 aliphatic heterocycles. The van der Waals surface area contributed by atoms with Crippen LogP contribution in [-0.4, -0.2) is 33.2 Å². The maximum Gasteiger partial charge on any atom is 0.233 e. The predicted molar refractivity (Wildman–Crippen MR) is 79.1 cm³/mol. The van der Waals surface area contributed by atoms with Gasteiger partial charge in [-0.25, -0.2) is 0 Å². The first-order valence-electron chi connectivity index (χ1n) is 6.75. The molecule has 2 N–H and O–H groups in total. The van der Waals surface area contributed by atoms with Crippen LogP contribution in [0.2, 0.25) is 0 Å². The van der Waals surface area contributed by atoms with E-state index < -0.39 is 0 Å². The Morgan fingerprint density at radius 1 is 1.25 bits per heavy atom. The molecule has 0 radical (unpaired) electrons. The molecule has 1 rings (SSSR count). The number of para-hydroxylation sites is 1. The minimum Gasteiger partial charge on any atom is -0.493 e. The highest BCUT2D eigenvalue weighted by Crippen LogP contribution is 2.30. The molecule has 0 atom stereocenters. The highest BCUT2D eigenvalue weighted by atomic mass is 16.5.